The molecule has 1 heterocycles. The van der Waals surface area contributed by atoms with E-state index in [-0.39, 0.29) is 24.2 Å². The van der Waals surface area contributed by atoms with Crippen molar-refractivity contribution in [2.24, 2.45) is 5.92 Å². The molecule has 178 valence electrons. The minimum absolute atomic E-state index is 0.273. The molecule has 8 heteroatoms. The molecular weight excluding hydrogens is 501 g/mol. The second-order valence-electron chi connectivity index (χ2n) is 9.67. The van der Waals surface area contributed by atoms with Gasteiger partial charge in [0, 0.05) is 24.0 Å². The van der Waals surface area contributed by atoms with Gasteiger partial charge in [-0.1, -0.05) is 47.0 Å². The van der Waals surface area contributed by atoms with Crippen LogP contribution < -0.4 is 5.32 Å². The van der Waals surface area contributed by atoms with Crippen LogP contribution in [0, 0.1) is 11.7 Å². The standard InChI is InChI=1S/C26H27BrFN3O3/c27-21-6-5-20-14-26(11-9-19(20)13-21)24(33)31(25(34)29-26)16-23(32)30(12-10-17-1-2-17)15-18-3-7-22(28)8-4-18/h3-8,13,17H,1-2,9-12,14-16H2,(H,29,34). The van der Waals surface area contributed by atoms with Crippen LogP contribution in [0.25, 0.3) is 0 Å². The summed E-state index contributed by atoms with van der Waals surface area (Å²) in [4.78, 5) is 42.3. The number of carbonyl (C=O) groups is 3. The lowest BCUT2D eigenvalue weighted by Gasteiger charge is -2.32. The summed E-state index contributed by atoms with van der Waals surface area (Å²) in [5.41, 5.74) is 2.03. The summed E-state index contributed by atoms with van der Waals surface area (Å²) in [5, 5.41) is 2.90. The third kappa shape index (κ3) is 4.73. The first-order valence-electron chi connectivity index (χ1n) is 11.8. The minimum atomic E-state index is -0.992. The zero-order valence-corrected chi connectivity index (χ0v) is 20.4. The summed E-state index contributed by atoms with van der Waals surface area (Å²) in [6, 6.07) is 11.5. The first kappa shape index (κ1) is 23.0. The van der Waals surface area contributed by atoms with E-state index in [9.17, 15) is 18.8 Å². The quantitative estimate of drug-likeness (QED) is 0.548. The molecular formula is C26H27BrFN3O3. The minimum Gasteiger partial charge on any atom is -0.337 e. The molecule has 1 saturated carbocycles. The Kier molecular flexibility index (Phi) is 6.18. The average molecular weight is 528 g/mol. The van der Waals surface area contributed by atoms with Crippen LogP contribution in [0.1, 0.15) is 42.4 Å². The molecule has 2 fully saturated rings. The fourth-order valence-electron chi connectivity index (χ4n) is 4.95. The molecule has 0 aromatic heterocycles. The highest BCUT2D eigenvalue weighted by Crippen LogP contribution is 2.35. The number of rotatable bonds is 7. The van der Waals surface area contributed by atoms with E-state index >= 15 is 0 Å². The van der Waals surface area contributed by atoms with Gasteiger partial charge in [-0.15, -0.1) is 0 Å². The topological polar surface area (TPSA) is 69.7 Å². The van der Waals surface area contributed by atoms with Gasteiger partial charge < -0.3 is 10.2 Å². The SMILES string of the molecule is O=C(CN1C(=O)NC2(CCc3cc(Br)ccc3C2)C1=O)N(CCC1CC1)Cc1ccc(F)cc1. The Labute approximate surface area is 206 Å². The molecule has 0 bridgehead atoms. The number of hydrogen-bond donors (Lipinski definition) is 1. The number of urea groups is 1. The normalized spacial score (nSPS) is 21.5. The number of nitrogens with zero attached hydrogens (tertiary/aromatic N) is 2. The van der Waals surface area contributed by atoms with Crippen molar-refractivity contribution in [3.05, 3.63) is 69.4 Å². The molecule has 5 rings (SSSR count). The average Bonchev–Trinajstić information content (AvgIpc) is 3.62. The van der Waals surface area contributed by atoms with Gasteiger partial charge in [0.25, 0.3) is 5.91 Å². The van der Waals surface area contributed by atoms with Crippen molar-refractivity contribution in [3.63, 3.8) is 0 Å². The monoisotopic (exact) mass is 527 g/mol. The van der Waals surface area contributed by atoms with Crippen molar-refractivity contribution < 1.29 is 18.8 Å². The van der Waals surface area contributed by atoms with E-state index in [1.54, 1.807) is 17.0 Å². The molecule has 1 atom stereocenters. The molecule has 34 heavy (non-hydrogen) atoms. The van der Waals surface area contributed by atoms with E-state index in [1.807, 2.05) is 12.1 Å². The maximum absolute atomic E-state index is 13.4. The highest BCUT2D eigenvalue weighted by Gasteiger charge is 2.52. The van der Waals surface area contributed by atoms with Gasteiger partial charge >= 0.3 is 6.03 Å². The molecule has 6 nitrogen and oxygen atoms in total. The molecule has 4 amide bonds. The fourth-order valence-corrected chi connectivity index (χ4v) is 5.36. The second kappa shape index (κ2) is 9.13. The van der Waals surface area contributed by atoms with Crippen LogP contribution in [0.4, 0.5) is 9.18 Å². The summed E-state index contributed by atoms with van der Waals surface area (Å²) in [6.45, 7) is 0.590. The number of hydrogen-bond acceptors (Lipinski definition) is 3. The van der Waals surface area contributed by atoms with Gasteiger partial charge in [-0.25, -0.2) is 9.18 Å². The molecule has 1 saturated heterocycles. The van der Waals surface area contributed by atoms with Gasteiger partial charge in [-0.2, -0.15) is 0 Å². The second-order valence-corrected chi connectivity index (χ2v) is 10.6. The van der Waals surface area contributed by atoms with Crippen LogP contribution >= 0.6 is 15.9 Å². The molecule has 1 N–H and O–H groups in total. The summed E-state index contributed by atoms with van der Waals surface area (Å²) in [6.07, 6.45) is 4.85. The first-order chi connectivity index (χ1) is 16.3. The lowest BCUT2D eigenvalue weighted by Crippen LogP contribution is -2.51. The molecule has 2 aromatic carbocycles. The van der Waals surface area contributed by atoms with Crippen molar-refractivity contribution in [2.75, 3.05) is 13.1 Å². The molecule has 1 spiro atoms. The highest BCUT2D eigenvalue weighted by molar-refractivity contribution is 9.10. The summed E-state index contributed by atoms with van der Waals surface area (Å²) < 4.78 is 14.3. The van der Waals surface area contributed by atoms with Gasteiger partial charge in [0.15, 0.2) is 0 Å². The number of amides is 4. The zero-order chi connectivity index (χ0) is 23.9. The van der Waals surface area contributed by atoms with E-state index in [1.165, 1.54) is 30.5 Å². The fraction of sp³-hybridized carbons (Fsp3) is 0.423. The van der Waals surface area contributed by atoms with E-state index in [2.05, 4.69) is 27.3 Å². The Morgan fingerprint density at radius 1 is 1.15 bits per heavy atom. The number of aryl methyl sites for hydroxylation is 1. The first-order valence-corrected chi connectivity index (χ1v) is 12.6. The molecule has 2 aromatic rings. The van der Waals surface area contributed by atoms with Crippen molar-refractivity contribution in [2.45, 2.75) is 50.6 Å². The van der Waals surface area contributed by atoms with Crippen LogP contribution in [0.15, 0.2) is 46.9 Å². The number of fused-ring (bicyclic) bond motifs is 1. The summed E-state index contributed by atoms with van der Waals surface area (Å²) in [7, 11) is 0. The van der Waals surface area contributed by atoms with Crippen LogP contribution in [-0.4, -0.2) is 46.3 Å². The maximum Gasteiger partial charge on any atom is 0.325 e. The van der Waals surface area contributed by atoms with Crippen molar-refractivity contribution >= 4 is 33.8 Å². The maximum atomic E-state index is 13.4. The lowest BCUT2D eigenvalue weighted by atomic mass is 9.78. The van der Waals surface area contributed by atoms with Crippen LogP contribution in [-0.2, 0) is 29.0 Å². The molecule has 1 aliphatic heterocycles. The largest absolute Gasteiger partial charge is 0.337 e. The third-order valence-electron chi connectivity index (χ3n) is 7.16. The van der Waals surface area contributed by atoms with Gasteiger partial charge in [0.1, 0.15) is 17.9 Å². The summed E-state index contributed by atoms with van der Waals surface area (Å²) in [5.74, 6) is -0.300. The highest BCUT2D eigenvalue weighted by atomic mass is 79.9. The predicted octanol–water partition coefficient (Wildman–Crippen LogP) is 4.20. The van der Waals surface area contributed by atoms with E-state index < -0.39 is 11.6 Å². The predicted molar refractivity (Wildman–Crippen MR) is 128 cm³/mol. The van der Waals surface area contributed by atoms with Gasteiger partial charge in [0.05, 0.1) is 0 Å². The molecule has 3 aliphatic rings. The van der Waals surface area contributed by atoms with Crippen LogP contribution in [0.5, 0.6) is 0 Å². The van der Waals surface area contributed by atoms with Crippen LogP contribution in [0.3, 0.4) is 0 Å². The summed E-state index contributed by atoms with van der Waals surface area (Å²) >= 11 is 3.48. The third-order valence-corrected chi connectivity index (χ3v) is 7.66. The number of carbonyl (C=O) groups excluding carboxylic acids is 3. The van der Waals surface area contributed by atoms with Crippen molar-refractivity contribution in [1.82, 2.24) is 15.1 Å². The number of halogens is 2. The molecule has 1 unspecified atom stereocenters. The Hall–Kier alpha value is -2.74. The lowest BCUT2D eigenvalue weighted by molar-refractivity contribution is -0.139. The Bertz CT molecular complexity index is 1130. The van der Waals surface area contributed by atoms with E-state index in [4.69, 9.17) is 0 Å². The van der Waals surface area contributed by atoms with E-state index in [0.29, 0.717) is 38.3 Å². The number of imide groups is 1. The number of benzene rings is 2. The van der Waals surface area contributed by atoms with Gasteiger partial charge in [-0.3, -0.25) is 14.5 Å². The Morgan fingerprint density at radius 3 is 2.65 bits per heavy atom. The smallest absolute Gasteiger partial charge is 0.325 e. The van der Waals surface area contributed by atoms with Crippen molar-refractivity contribution in [1.29, 1.82) is 0 Å². The van der Waals surface area contributed by atoms with Crippen LogP contribution in [0.2, 0.25) is 0 Å². The van der Waals surface area contributed by atoms with Crippen molar-refractivity contribution in [3.8, 4) is 0 Å². The van der Waals surface area contributed by atoms with Gasteiger partial charge in [0.2, 0.25) is 5.91 Å². The molecule has 2 aliphatic carbocycles. The van der Waals surface area contributed by atoms with E-state index in [0.717, 1.165) is 26.9 Å². The Morgan fingerprint density at radius 2 is 1.91 bits per heavy atom. The number of nitrogens with one attached hydrogen (secondary N) is 1. The zero-order valence-electron chi connectivity index (χ0n) is 18.9. The Balaban J connectivity index is 1.30. The molecule has 0 radical (unpaired) electrons. The van der Waals surface area contributed by atoms with Gasteiger partial charge in [-0.05, 0) is 66.1 Å².